The monoisotopic (exact) mass is 239 g/mol. The van der Waals surface area contributed by atoms with Crippen LogP contribution in [0.2, 0.25) is 0 Å². The molecule has 0 bridgehead atoms. The second kappa shape index (κ2) is 6.15. The zero-order chi connectivity index (χ0) is 12.1. The summed E-state index contributed by atoms with van der Waals surface area (Å²) < 4.78 is 5.28. The molecular weight excluding hydrogens is 218 g/mol. The minimum absolute atomic E-state index is 0.0625. The lowest BCUT2D eigenvalue weighted by Crippen LogP contribution is -2.37. The fourth-order valence-electron chi connectivity index (χ4n) is 2.54. The molecule has 1 aliphatic carbocycles. The number of nitrogens with one attached hydrogen (secondary N) is 1. The first kappa shape index (κ1) is 12.6. The highest BCUT2D eigenvalue weighted by molar-refractivity contribution is 5.84. The molecule has 2 aliphatic rings. The van der Waals surface area contributed by atoms with Crippen LogP contribution >= 0.6 is 0 Å². The molecule has 2 rings (SSSR count). The van der Waals surface area contributed by atoms with Crippen LogP contribution in [0.15, 0.2) is 0 Å². The lowest BCUT2D eigenvalue weighted by Gasteiger charge is -2.24. The average Bonchev–Trinajstić information content (AvgIpc) is 2.38. The normalized spacial score (nSPS) is 23.6. The summed E-state index contributed by atoms with van der Waals surface area (Å²) in [5.74, 6) is 1.08. The van der Waals surface area contributed by atoms with E-state index in [-0.39, 0.29) is 11.8 Å². The van der Waals surface area contributed by atoms with Gasteiger partial charge < -0.3 is 10.1 Å². The van der Waals surface area contributed by atoms with Crippen LogP contribution < -0.4 is 5.32 Å². The molecule has 0 aromatic rings. The predicted molar refractivity (Wildman–Crippen MR) is 63.5 cm³/mol. The zero-order valence-corrected chi connectivity index (χ0v) is 10.2. The Bertz CT molecular complexity index is 274. The highest BCUT2D eigenvalue weighted by atomic mass is 16.5. The van der Waals surface area contributed by atoms with Gasteiger partial charge in [-0.1, -0.05) is 0 Å². The van der Waals surface area contributed by atoms with Crippen molar-refractivity contribution in [1.29, 1.82) is 0 Å². The molecule has 1 heterocycles. The first-order chi connectivity index (χ1) is 8.25. The molecule has 0 aromatic heterocycles. The van der Waals surface area contributed by atoms with Gasteiger partial charge in [0.25, 0.3) is 0 Å². The molecule has 4 heteroatoms. The molecule has 0 spiro atoms. The summed E-state index contributed by atoms with van der Waals surface area (Å²) in [5, 5.41) is 3.03. The molecule has 0 radical (unpaired) electrons. The lowest BCUT2D eigenvalue weighted by molar-refractivity contribution is -0.128. The van der Waals surface area contributed by atoms with E-state index >= 15 is 0 Å². The SMILES string of the molecule is O=C1CCC(C(=O)NCC2CCOCC2)CC1. The van der Waals surface area contributed by atoms with Crippen LogP contribution in [0.5, 0.6) is 0 Å². The van der Waals surface area contributed by atoms with E-state index in [4.69, 9.17) is 4.74 Å². The van der Waals surface area contributed by atoms with Crippen LogP contribution in [0.25, 0.3) is 0 Å². The Kier molecular flexibility index (Phi) is 4.54. The maximum Gasteiger partial charge on any atom is 0.223 e. The van der Waals surface area contributed by atoms with Gasteiger partial charge in [-0.3, -0.25) is 9.59 Å². The Morgan fingerprint density at radius 1 is 1.18 bits per heavy atom. The zero-order valence-electron chi connectivity index (χ0n) is 10.2. The fraction of sp³-hybridized carbons (Fsp3) is 0.846. The molecule has 1 saturated carbocycles. The van der Waals surface area contributed by atoms with Gasteiger partial charge in [-0.05, 0) is 31.6 Å². The van der Waals surface area contributed by atoms with Gasteiger partial charge in [0.05, 0.1) is 0 Å². The number of amides is 1. The third-order valence-electron chi connectivity index (χ3n) is 3.82. The van der Waals surface area contributed by atoms with Crippen molar-refractivity contribution < 1.29 is 14.3 Å². The second-order valence-electron chi connectivity index (χ2n) is 5.11. The van der Waals surface area contributed by atoms with Gasteiger partial charge in [-0.25, -0.2) is 0 Å². The van der Waals surface area contributed by atoms with Crippen LogP contribution in [0.1, 0.15) is 38.5 Å². The van der Waals surface area contributed by atoms with E-state index in [2.05, 4.69) is 5.32 Å². The topological polar surface area (TPSA) is 55.4 Å². The third kappa shape index (κ3) is 3.80. The van der Waals surface area contributed by atoms with Gasteiger partial charge in [0, 0.05) is 38.5 Å². The summed E-state index contributed by atoms with van der Waals surface area (Å²) in [4.78, 5) is 23.0. The molecule has 1 saturated heterocycles. The van der Waals surface area contributed by atoms with Gasteiger partial charge in [0.2, 0.25) is 5.91 Å². The highest BCUT2D eigenvalue weighted by Gasteiger charge is 2.25. The van der Waals surface area contributed by atoms with E-state index in [0.717, 1.165) is 45.4 Å². The van der Waals surface area contributed by atoms with Gasteiger partial charge in [0.15, 0.2) is 0 Å². The Morgan fingerprint density at radius 3 is 2.47 bits per heavy atom. The first-order valence-electron chi connectivity index (χ1n) is 6.63. The Morgan fingerprint density at radius 2 is 1.82 bits per heavy atom. The molecule has 2 fully saturated rings. The number of hydrogen-bond donors (Lipinski definition) is 1. The van der Waals surface area contributed by atoms with Crippen LogP contribution in [0, 0.1) is 11.8 Å². The van der Waals surface area contributed by atoms with E-state index < -0.39 is 0 Å². The summed E-state index contributed by atoms with van der Waals surface area (Å²) >= 11 is 0. The smallest absolute Gasteiger partial charge is 0.223 e. The Balaban J connectivity index is 1.67. The van der Waals surface area contributed by atoms with Crippen molar-refractivity contribution in [1.82, 2.24) is 5.32 Å². The maximum absolute atomic E-state index is 11.9. The Hall–Kier alpha value is -0.900. The van der Waals surface area contributed by atoms with Crippen molar-refractivity contribution in [3.05, 3.63) is 0 Å². The van der Waals surface area contributed by atoms with E-state index in [1.165, 1.54) is 0 Å². The minimum Gasteiger partial charge on any atom is -0.381 e. The standard InChI is InChI=1S/C13H21NO3/c15-12-3-1-11(2-4-12)13(16)14-9-10-5-7-17-8-6-10/h10-11H,1-9H2,(H,14,16). The molecule has 0 atom stereocenters. The summed E-state index contributed by atoms with van der Waals surface area (Å²) in [6, 6.07) is 0. The molecule has 1 amide bonds. The van der Waals surface area contributed by atoms with Crippen molar-refractivity contribution in [2.45, 2.75) is 38.5 Å². The van der Waals surface area contributed by atoms with Crippen LogP contribution in [0.3, 0.4) is 0 Å². The molecule has 1 aliphatic heterocycles. The van der Waals surface area contributed by atoms with E-state index in [1.54, 1.807) is 0 Å². The van der Waals surface area contributed by atoms with Crippen LogP contribution in [0.4, 0.5) is 0 Å². The number of carbonyl (C=O) groups is 2. The number of rotatable bonds is 3. The minimum atomic E-state index is 0.0625. The number of carbonyl (C=O) groups excluding carboxylic acids is 2. The van der Waals surface area contributed by atoms with Crippen molar-refractivity contribution >= 4 is 11.7 Å². The molecule has 4 nitrogen and oxygen atoms in total. The largest absolute Gasteiger partial charge is 0.381 e. The van der Waals surface area contributed by atoms with Gasteiger partial charge >= 0.3 is 0 Å². The highest BCUT2D eigenvalue weighted by Crippen LogP contribution is 2.22. The van der Waals surface area contributed by atoms with E-state index in [0.29, 0.717) is 24.5 Å². The van der Waals surface area contributed by atoms with E-state index in [1.807, 2.05) is 0 Å². The number of hydrogen-bond acceptors (Lipinski definition) is 3. The predicted octanol–water partition coefficient (Wildman–Crippen LogP) is 1.29. The molecule has 0 aromatic carbocycles. The van der Waals surface area contributed by atoms with Crippen LogP contribution in [-0.2, 0) is 14.3 Å². The number of Topliss-reactive ketones (excluding diaryl/α,β-unsaturated/α-hetero) is 1. The van der Waals surface area contributed by atoms with Crippen molar-refractivity contribution in [2.75, 3.05) is 19.8 Å². The maximum atomic E-state index is 11.9. The van der Waals surface area contributed by atoms with Crippen LogP contribution in [-0.4, -0.2) is 31.4 Å². The molecule has 17 heavy (non-hydrogen) atoms. The quantitative estimate of drug-likeness (QED) is 0.807. The van der Waals surface area contributed by atoms with Crippen molar-refractivity contribution in [2.24, 2.45) is 11.8 Å². The van der Waals surface area contributed by atoms with Crippen molar-refractivity contribution in [3.63, 3.8) is 0 Å². The summed E-state index contributed by atoms with van der Waals surface area (Å²) in [5.41, 5.74) is 0. The molecule has 0 unspecified atom stereocenters. The average molecular weight is 239 g/mol. The summed E-state index contributed by atoms with van der Waals surface area (Å²) in [6.07, 6.45) is 4.72. The fourth-order valence-corrected chi connectivity index (χ4v) is 2.54. The van der Waals surface area contributed by atoms with Gasteiger partial charge in [-0.2, -0.15) is 0 Å². The molecule has 96 valence electrons. The van der Waals surface area contributed by atoms with Crippen molar-refractivity contribution in [3.8, 4) is 0 Å². The lowest BCUT2D eigenvalue weighted by atomic mass is 9.87. The third-order valence-corrected chi connectivity index (χ3v) is 3.82. The van der Waals surface area contributed by atoms with E-state index in [9.17, 15) is 9.59 Å². The summed E-state index contributed by atoms with van der Waals surface area (Å²) in [6.45, 7) is 2.41. The number of ether oxygens (including phenoxy) is 1. The van der Waals surface area contributed by atoms with Gasteiger partial charge in [-0.15, -0.1) is 0 Å². The first-order valence-corrected chi connectivity index (χ1v) is 6.63. The second-order valence-corrected chi connectivity index (χ2v) is 5.11. The number of ketones is 1. The van der Waals surface area contributed by atoms with Gasteiger partial charge in [0.1, 0.15) is 5.78 Å². The summed E-state index contributed by atoms with van der Waals surface area (Å²) in [7, 11) is 0. The molecule has 1 N–H and O–H groups in total. The Labute approximate surface area is 102 Å². The molecular formula is C13H21NO3.